The van der Waals surface area contributed by atoms with Crippen LogP contribution in [0.15, 0.2) is 23.8 Å². The average molecular weight is 315 g/mol. The first-order valence-electron chi connectivity index (χ1n) is 7.17. The molecule has 2 aromatic rings. The van der Waals surface area contributed by atoms with E-state index < -0.39 is 0 Å². The third-order valence-corrected chi connectivity index (χ3v) is 4.69. The minimum absolute atomic E-state index is 0.0743. The van der Waals surface area contributed by atoms with E-state index >= 15 is 0 Å². The van der Waals surface area contributed by atoms with Crippen LogP contribution >= 0.6 is 11.3 Å². The van der Waals surface area contributed by atoms with Gasteiger partial charge in [-0.1, -0.05) is 0 Å². The SMILES string of the molecule is Cn1cc([C@H]2CCCN2CC(=O)Nc2sccc2C#N)cn1. The molecule has 0 unspecified atom stereocenters. The van der Waals surface area contributed by atoms with Gasteiger partial charge in [0, 0.05) is 24.8 Å². The molecule has 3 heterocycles. The summed E-state index contributed by atoms with van der Waals surface area (Å²) in [6, 6.07) is 4.05. The lowest BCUT2D eigenvalue weighted by atomic mass is 10.1. The van der Waals surface area contributed by atoms with E-state index in [4.69, 9.17) is 5.26 Å². The number of aryl methyl sites for hydroxylation is 1. The Kier molecular flexibility index (Phi) is 4.22. The number of nitrogens with zero attached hydrogens (tertiary/aromatic N) is 4. The largest absolute Gasteiger partial charge is 0.315 e. The van der Waals surface area contributed by atoms with Crippen LogP contribution < -0.4 is 5.32 Å². The fourth-order valence-electron chi connectivity index (χ4n) is 2.85. The van der Waals surface area contributed by atoms with E-state index in [0.29, 0.717) is 17.1 Å². The Labute approximate surface area is 133 Å². The molecule has 3 rings (SSSR count). The van der Waals surface area contributed by atoms with Gasteiger partial charge in [0.05, 0.1) is 18.3 Å². The van der Waals surface area contributed by atoms with Crippen molar-refractivity contribution in [2.75, 3.05) is 18.4 Å². The van der Waals surface area contributed by atoms with Crippen LogP contribution in [-0.4, -0.2) is 33.7 Å². The topological polar surface area (TPSA) is 74.0 Å². The van der Waals surface area contributed by atoms with Crippen LogP contribution in [0.5, 0.6) is 0 Å². The third kappa shape index (κ3) is 3.03. The maximum atomic E-state index is 12.2. The Hall–Kier alpha value is -2.17. The van der Waals surface area contributed by atoms with Gasteiger partial charge in [0.15, 0.2) is 0 Å². The van der Waals surface area contributed by atoms with Gasteiger partial charge >= 0.3 is 0 Å². The number of nitrogens with one attached hydrogen (secondary N) is 1. The molecule has 1 fully saturated rings. The molecule has 1 amide bonds. The molecule has 2 aromatic heterocycles. The number of hydrogen-bond acceptors (Lipinski definition) is 5. The lowest BCUT2D eigenvalue weighted by Gasteiger charge is -2.22. The maximum Gasteiger partial charge on any atom is 0.239 e. The van der Waals surface area contributed by atoms with Crippen LogP contribution in [0.4, 0.5) is 5.00 Å². The van der Waals surface area contributed by atoms with E-state index in [-0.39, 0.29) is 11.9 Å². The van der Waals surface area contributed by atoms with Crippen LogP contribution in [0.25, 0.3) is 0 Å². The lowest BCUT2D eigenvalue weighted by molar-refractivity contribution is -0.117. The number of amides is 1. The quantitative estimate of drug-likeness (QED) is 0.938. The van der Waals surface area contributed by atoms with Gasteiger partial charge in [-0.25, -0.2) is 0 Å². The number of carbonyl (C=O) groups excluding carboxylic acids is 1. The monoisotopic (exact) mass is 315 g/mol. The van der Waals surface area contributed by atoms with Crippen LogP contribution in [0.1, 0.15) is 30.0 Å². The molecule has 1 aliphatic rings. The summed E-state index contributed by atoms with van der Waals surface area (Å²) in [6.07, 6.45) is 6.00. The van der Waals surface area contributed by atoms with Gasteiger partial charge in [-0.05, 0) is 30.8 Å². The molecule has 0 spiro atoms. The second kappa shape index (κ2) is 6.30. The van der Waals surface area contributed by atoms with E-state index in [2.05, 4.69) is 21.4 Å². The Balaban J connectivity index is 1.64. The minimum atomic E-state index is -0.0743. The summed E-state index contributed by atoms with van der Waals surface area (Å²) in [7, 11) is 1.90. The summed E-state index contributed by atoms with van der Waals surface area (Å²) in [5, 5.41) is 18.5. The molecule has 1 atom stereocenters. The molecule has 1 N–H and O–H groups in total. The summed E-state index contributed by atoms with van der Waals surface area (Å²) >= 11 is 1.37. The normalized spacial score (nSPS) is 18.3. The molecule has 1 aliphatic heterocycles. The van der Waals surface area contributed by atoms with Crippen LogP contribution in [0, 0.1) is 11.3 Å². The first kappa shape index (κ1) is 14.8. The second-order valence-corrected chi connectivity index (χ2v) is 6.32. The lowest BCUT2D eigenvalue weighted by Crippen LogP contribution is -2.32. The van der Waals surface area contributed by atoms with Crippen LogP contribution in [0.2, 0.25) is 0 Å². The van der Waals surface area contributed by atoms with Crippen LogP contribution in [0.3, 0.4) is 0 Å². The minimum Gasteiger partial charge on any atom is -0.315 e. The van der Waals surface area contributed by atoms with Gasteiger partial charge in [-0.15, -0.1) is 11.3 Å². The molecular formula is C15H17N5OS. The Morgan fingerprint density at radius 2 is 2.50 bits per heavy atom. The highest BCUT2D eigenvalue weighted by Gasteiger charge is 2.28. The molecule has 114 valence electrons. The highest BCUT2D eigenvalue weighted by Crippen LogP contribution is 2.31. The fourth-order valence-corrected chi connectivity index (χ4v) is 3.60. The van der Waals surface area contributed by atoms with E-state index in [1.807, 2.05) is 24.8 Å². The van der Waals surface area contributed by atoms with Crippen molar-refractivity contribution in [3.8, 4) is 6.07 Å². The van der Waals surface area contributed by atoms with E-state index in [0.717, 1.165) is 24.9 Å². The van der Waals surface area contributed by atoms with Crippen molar-refractivity contribution in [3.63, 3.8) is 0 Å². The zero-order chi connectivity index (χ0) is 15.5. The smallest absolute Gasteiger partial charge is 0.239 e. The predicted octanol–water partition coefficient (Wildman–Crippen LogP) is 2.13. The number of hydrogen-bond donors (Lipinski definition) is 1. The predicted molar refractivity (Wildman–Crippen MR) is 84.4 cm³/mol. The van der Waals surface area contributed by atoms with Crippen molar-refractivity contribution in [1.29, 1.82) is 5.26 Å². The van der Waals surface area contributed by atoms with Crippen LogP contribution in [-0.2, 0) is 11.8 Å². The van der Waals surface area contributed by atoms with E-state index in [1.54, 1.807) is 10.7 Å². The van der Waals surface area contributed by atoms with Crippen molar-refractivity contribution in [2.45, 2.75) is 18.9 Å². The number of anilines is 1. The number of aromatic nitrogens is 2. The van der Waals surface area contributed by atoms with Crippen molar-refractivity contribution in [3.05, 3.63) is 35.0 Å². The molecule has 0 bridgehead atoms. The first-order chi connectivity index (χ1) is 10.7. The van der Waals surface area contributed by atoms with Gasteiger partial charge in [0.1, 0.15) is 11.1 Å². The fraction of sp³-hybridized carbons (Fsp3) is 0.400. The zero-order valence-electron chi connectivity index (χ0n) is 12.3. The highest BCUT2D eigenvalue weighted by molar-refractivity contribution is 7.14. The van der Waals surface area contributed by atoms with E-state index in [9.17, 15) is 4.79 Å². The molecule has 0 saturated carbocycles. The Morgan fingerprint density at radius 1 is 1.64 bits per heavy atom. The third-order valence-electron chi connectivity index (χ3n) is 3.86. The average Bonchev–Trinajstić information content (AvgIpc) is 3.19. The van der Waals surface area contributed by atoms with Gasteiger partial charge in [0.25, 0.3) is 0 Å². The number of carbonyl (C=O) groups is 1. The van der Waals surface area contributed by atoms with Gasteiger partial charge < -0.3 is 5.32 Å². The zero-order valence-corrected chi connectivity index (χ0v) is 13.1. The second-order valence-electron chi connectivity index (χ2n) is 5.40. The van der Waals surface area contributed by atoms with Crippen molar-refractivity contribution < 1.29 is 4.79 Å². The van der Waals surface area contributed by atoms with Gasteiger partial charge in [-0.2, -0.15) is 10.4 Å². The summed E-state index contributed by atoms with van der Waals surface area (Å²) in [5.74, 6) is -0.0743. The maximum absolute atomic E-state index is 12.2. The number of thiophene rings is 1. The standard InChI is InChI=1S/C15H17N5OS/c1-19-9-12(8-17-19)13-3-2-5-20(13)10-14(21)18-15-11(7-16)4-6-22-15/h4,6,8-9,13H,2-3,5,10H2,1H3,(H,18,21)/t13-/m1/s1. The Morgan fingerprint density at radius 3 is 3.23 bits per heavy atom. The van der Waals surface area contributed by atoms with E-state index in [1.165, 1.54) is 11.3 Å². The molecule has 1 saturated heterocycles. The molecular weight excluding hydrogens is 298 g/mol. The van der Waals surface area contributed by atoms with Crippen molar-refractivity contribution >= 4 is 22.2 Å². The summed E-state index contributed by atoms with van der Waals surface area (Å²) in [5.41, 5.74) is 1.67. The van der Waals surface area contributed by atoms with Gasteiger partial charge in [0.2, 0.25) is 5.91 Å². The number of likely N-dealkylation sites (tertiary alicyclic amines) is 1. The first-order valence-corrected chi connectivity index (χ1v) is 8.05. The summed E-state index contributed by atoms with van der Waals surface area (Å²) in [6.45, 7) is 1.24. The molecule has 22 heavy (non-hydrogen) atoms. The molecule has 0 aromatic carbocycles. The van der Waals surface area contributed by atoms with Crippen molar-refractivity contribution in [1.82, 2.24) is 14.7 Å². The molecule has 0 aliphatic carbocycles. The molecule has 7 heteroatoms. The Bertz CT molecular complexity index is 714. The molecule has 0 radical (unpaired) electrons. The number of rotatable bonds is 4. The van der Waals surface area contributed by atoms with Gasteiger partial charge in [-0.3, -0.25) is 14.4 Å². The summed E-state index contributed by atoms with van der Waals surface area (Å²) in [4.78, 5) is 14.4. The van der Waals surface area contributed by atoms with Crippen molar-refractivity contribution in [2.24, 2.45) is 7.05 Å². The summed E-state index contributed by atoms with van der Waals surface area (Å²) < 4.78 is 1.79. The highest BCUT2D eigenvalue weighted by atomic mass is 32.1. The number of nitriles is 1. The molecule has 6 nitrogen and oxygen atoms in total.